The lowest BCUT2D eigenvalue weighted by molar-refractivity contribution is -0.122. The molecule has 2 aliphatic rings. The minimum Gasteiger partial charge on any atom is -0.496 e. The predicted octanol–water partition coefficient (Wildman–Crippen LogP) is 2.72. The van der Waals surface area contributed by atoms with Crippen LogP contribution in [0, 0.1) is 0 Å². The number of rotatable bonds is 6. The molecule has 3 heterocycles. The number of carbonyl (C=O) groups excluding carboxylic acids is 2. The predicted molar refractivity (Wildman–Crippen MR) is 114 cm³/mol. The number of halogens is 1. The van der Waals surface area contributed by atoms with Crippen LogP contribution in [0.1, 0.15) is 31.2 Å². The molecule has 1 atom stereocenters. The van der Waals surface area contributed by atoms with Crippen LogP contribution in [0.4, 0.5) is 10.3 Å². The largest absolute Gasteiger partial charge is 0.496 e. The van der Waals surface area contributed by atoms with Crippen LogP contribution in [0.2, 0.25) is 0 Å². The highest BCUT2D eigenvalue weighted by molar-refractivity contribution is 9.10. The molecule has 29 heavy (non-hydrogen) atoms. The highest BCUT2D eigenvalue weighted by Gasteiger charge is 2.34. The lowest BCUT2D eigenvalue weighted by atomic mass is 10.1. The van der Waals surface area contributed by atoms with Crippen molar-refractivity contribution < 1.29 is 14.3 Å². The van der Waals surface area contributed by atoms with Gasteiger partial charge in [-0.3, -0.25) is 14.5 Å². The molecule has 0 spiro atoms. The molecule has 1 N–H and O–H groups in total. The normalized spacial score (nSPS) is 19.1. The number of nitrogens with zero attached hydrogens (tertiary/aromatic N) is 4. The summed E-state index contributed by atoms with van der Waals surface area (Å²) in [6, 6.07) is 5.43. The van der Waals surface area contributed by atoms with Crippen molar-refractivity contribution in [1.82, 2.24) is 15.5 Å². The van der Waals surface area contributed by atoms with Crippen LogP contribution in [0.15, 0.2) is 22.7 Å². The van der Waals surface area contributed by atoms with Crippen molar-refractivity contribution in [2.24, 2.45) is 0 Å². The molecule has 10 heteroatoms. The third-order valence-corrected chi connectivity index (χ3v) is 6.68. The van der Waals surface area contributed by atoms with E-state index in [2.05, 4.69) is 31.4 Å². The van der Waals surface area contributed by atoms with Crippen LogP contribution in [0.25, 0.3) is 0 Å². The van der Waals surface area contributed by atoms with Gasteiger partial charge in [0.15, 0.2) is 0 Å². The topological polar surface area (TPSA) is 87.7 Å². The molecule has 1 aromatic heterocycles. The molecule has 2 fully saturated rings. The number of hydrogen-bond acceptors (Lipinski definition) is 7. The summed E-state index contributed by atoms with van der Waals surface area (Å²) < 4.78 is 6.31. The fourth-order valence-corrected chi connectivity index (χ4v) is 5.11. The van der Waals surface area contributed by atoms with E-state index in [-0.39, 0.29) is 17.9 Å². The minimum atomic E-state index is -0.289. The van der Waals surface area contributed by atoms with Gasteiger partial charge in [-0.1, -0.05) is 27.3 Å². The van der Waals surface area contributed by atoms with Gasteiger partial charge in [-0.05, 0) is 37.5 Å². The maximum atomic E-state index is 12.9. The standard InChI is InChI=1S/C19H22BrN5O3S/c1-28-15-7-6-13(20)10-12(15)11-21-17(27)14-4-2-8-24(14)18-22-23-19(29-18)25-9-3-5-16(25)26/h6-7,10,14H,2-5,8-9,11H2,1H3,(H,21,27)/t14-/m0/s1. The van der Waals surface area contributed by atoms with Gasteiger partial charge in [-0.15, -0.1) is 10.2 Å². The van der Waals surface area contributed by atoms with Gasteiger partial charge in [-0.2, -0.15) is 0 Å². The monoisotopic (exact) mass is 479 g/mol. The molecular formula is C19H22BrN5O3S. The van der Waals surface area contributed by atoms with E-state index in [1.807, 2.05) is 23.1 Å². The molecule has 2 aromatic rings. The van der Waals surface area contributed by atoms with Crippen LogP contribution in [0.3, 0.4) is 0 Å². The molecule has 0 unspecified atom stereocenters. The smallest absolute Gasteiger partial charge is 0.243 e. The number of ether oxygens (including phenoxy) is 1. The number of benzene rings is 1. The van der Waals surface area contributed by atoms with E-state index in [9.17, 15) is 9.59 Å². The van der Waals surface area contributed by atoms with Crippen molar-refractivity contribution in [3.63, 3.8) is 0 Å². The Morgan fingerprint density at radius 3 is 2.90 bits per heavy atom. The second-order valence-corrected chi connectivity index (χ2v) is 8.89. The van der Waals surface area contributed by atoms with Gasteiger partial charge in [0.05, 0.1) is 7.11 Å². The van der Waals surface area contributed by atoms with Gasteiger partial charge in [0, 0.05) is 36.1 Å². The molecule has 2 amide bonds. The Morgan fingerprint density at radius 1 is 1.31 bits per heavy atom. The van der Waals surface area contributed by atoms with Crippen molar-refractivity contribution in [1.29, 1.82) is 0 Å². The molecule has 4 rings (SSSR count). The SMILES string of the molecule is COc1ccc(Br)cc1CNC(=O)[C@@H]1CCCN1c1nnc(N2CCCC2=O)s1. The summed E-state index contributed by atoms with van der Waals surface area (Å²) in [6.07, 6.45) is 3.08. The van der Waals surface area contributed by atoms with E-state index in [0.717, 1.165) is 41.6 Å². The Kier molecular flexibility index (Phi) is 6.00. The van der Waals surface area contributed by atoms with Crippen LogP contribution >= 0.6 is 27.3 Å². The zero-order chi connectivity index (χ0) is 20.4. The van der Waals surface area contributed by atoms with Crippen molar-refractivity contribution in [2.45, 2.75) is 38.3 Å². The lowest BCUT2D eigenvalue weighted by Crippen LogP contribution is -2.43. The summed E-state index contributed by atoms with van der Waals surface area (Å²) in [7, 11) is 1.62. The lowest BCUT2D eigenvalue weighted by Gasteiger charge is -2.23. The van der Waals surface area contributed by atoms with Crippen molar-refractivity contribution >= 4 is 49.3 Å². The van der Waals surface area contributed by atoms with E-state index < -0.39 is 0 Å². The number of methoxy groups -OCH3 is 1. The Bertz CT molecular complexity index is 921. The van der Waals surface area contributed by atoms with Gasteiger partial charge in [0.1, 0.15) is 11.8 Å². The van der Waals surface area contributed by atoms with Gasteiger partial charge in [-0.25, -0.2) is 0 Å². The quantitative estimate of drug-likeness (QED) is 0.685. The zero-order valence-electron chi connectivity index (χ0n) is 16.1. The maximum absolute atomic E-state index is 12.9. The van der Waals surface area contributed by atoms with Gasteiger partial charge in [0.2, 0.25) is 22.1 Å². The van der Waals surface area contributed by atoms with Crippen LogP contribution < -0.4 is 19.9 Å². The highest BCUT2D eigenvalue weighted by atomic mass is 79.9. The van der Waals surface area contributed by atoms with Crippen LogP contribution in [-0.4, -0.2) is 48.3 Å². The number of hydrogen-bond donors (Lipinski definition) is 1. The average Bonchev–Trinajstić information content (AvgIpc) is 3.45. The van der Waals surface area contributed by atoms with E-state index in [0.29, 0.717) is 29.8 Å². The van der Waals surface area contributed by atoms with Crippen LogP contribution in [-0.2, 0) is 16.1 Å². The first kappa shape index (κ1) is 20.1. The second kappa shape index (κ2) is 8.66. The zero-order valence-corrected chi connectivity index (χ0v) is 18.5. The van der Waals surface area contributed by atoms with Gasteiger partial charge >= 0.3 is 0 Å². The molecule has 0 bridgehead atoms. The molecule has 0 aliphatic carbocycles. The third-order valence-electron chi connectivity index (χ3n) is 5.20. The van der Waals surface area contributed by atoms with Crippen molar-refractivity contribution in [3.05, 3.63) is 28.2 Å². The number of nitrogens with one attached hydrogen (secondary N) is 1. The Balaban J connectivity index is 1.43. The number of anilines is 2. The summed E-state index contributed by atoms with van der Waals surface area (Å²) >= 11 is 4.83. The minimum absolute atomic E-state index is 0.0430. The Morgan fingerprint density at radius 2 is 2.14 bits per heavy atom. The van der Waals surface area contributed by atoms with Gasteiger partial charge in [0.25, 0.3) is 0 Å². The third kappa shape index (κ3) is 4.23. The van der Waals surface area contributed by atoms with Crippen LogP contribution in [0.5, 0.6) is 5.75 Å². The summed E-state index contributed by atoms with van der Waals surface area (Å²) in [4.78, 5) is 28.5. The summed E-state index contributed by atoms with van der Waals surface area (Å²) in [5.74, 6) is 0.783. The number of carbonyl (C=O) groups is 2. The van der Waals surface area contributed by atoms with E-state index in [1.165, 1.54) is 11.3 Å². The summed E-state index contributed by atoms with van der Waals surface area (Å²) in [5.41, 5.74) is 0.908. The molecule has 0 radical (unpaired) electrons. The molecule has 1 aromatic carbocycles. The molecule has 154 valence electrons. The fraction of sp³-hybridized carbons (Fsp3) is 0.474. The van der Waals surface area contributed by atoms with Crippen molar-refractivity contribution in [2.75, 3.05) is 30.0 Å². The molecular weight excluding hydrogens is 458 g/mol. The Labute approximate surface area is 181 Å². The molecule has 0 saturated carbocycles. The highest BCUT2D eigenvalue weighted by Crippen LogP contribution is 2.34. The Hall–Kier alpha value is -2.20. The summed E-state index contributed by atoms with van der Waals surface area (Å²) in [6.45, 7) is 1.82. The fourth-order valence-electron chi connectivity index (χ4n) is 3.74. The average molecular weight is 480 g/mol. The second-order valence-electron chi connectivity index (χ2n) is 7.04. The molecule has 2 aliphatic heterocycles. The number of aromatic nitrogens is 2. The van der Waals surface area contributed by atoms with E-state index in [4.69, 9.17) is 4.74 Å². The molecule has 2 saturated heterocycles. The van der Waals surface area contributed by atoms with E-state index in [1.54, 1.807) is 12.0 Å². The molecule has 8 nitrogen and oxygen atoms in total. The van der Waals surface area contributed by atoms with E-state index >= 15 is 0 Å². The first-order chi connectivity index (χ1) is 14.1. The summed E-state index contributed by atoms with van der Waals surface area (Å²) in [5, 5.41) is 12.8. The van der Waals surface area contributed by atoms with Crippen molar-refractivity contribution in [3.8, 4) is 5.75 Å². The number of amides is 2. The maximum Gasteiger partial charge on any atom is 0.243 e. The first-order valence-electron chi connectivity index (χ1n) is 9.57. The van der Waals surface area contributed by atoms with Gasteiger partial charge < -0.3 is 15.0 Å². The first-order valence-corrected chi connectivity index (χ1v) is 11.2.